The summed E-state index contributed by atoms with van der Waals surface area (Å²) in [6.45, 7) is -0.0658. The highest BCUT2D eigenvalue weighted by Gasteiger charge is 2.17. The Bertz CT molecular complexity index is 926. The van der Waals surface area contributed by atoms with Gasteiger partial charge in [0.2, 0.25) is 15.9 Å². The first-order chi connectivity index (χ1) is 12.6. The molecule has 0 spiro atoms. The Hall–Kier alpha value is -2.00. The lowest BCUT2D eigenvalue weighted by Crippen LogP contribution is -2.23. The van der Waals surface area contributed by atoms with Gasteiger partial charge in [0.25, 0.3) is 0 Å². The second kappa shape index (κ2) is 8.79. The quantitative estimate of drug-likeness (QED) is 0.701. The van der Waals surface area contributed by atoms with Crippen LogP contribution < -0.4 is 15.4 Å². The number of methoxy groups -OCH3 is 1. The average molecular weight is 432 g/mol. The van der Waals surface area contributed by atoms with Crippen molar-refractivity contribution in [3.05, 3.63) is 46.4 Å². The molecule has 7 nitrogen and oxygen atoms in total. The molecule has 27 heavy (non-hydrogen) atoms. The molecule has 2 N–H and O–H groups in total. The number of ether oxygens (including phenoxy) is 1. The van der Waals surface area contributed by atoms with E-state index in [9.17, 15) is 13.2 Å². The summed E-state index contributed by atoms with van der Waals surface area (Å²) in [5.41, 5.74) is 0.917. The van der Waals surface area contributed by atoms with Crippen LogP contribution in [0.3, 0.4) is 0 Å². The van der Waals surface area contributed by atoms with Crippen LogP contribution in [0.5, 0.6) is 5.75 Å². The van der Waals surface area contributed by atoms with Crippen molar-refractivity contribution < 1.29 is 17.9 Å². The molecule has 0 aliphatic carbocycles. The van der Waals surface area contributed by atoms with Crippen LogP contribution in [0.4, 0.5) is 11.4 Å². The first-order valence-electron chi connectivity index (χ1n) is 7.74. The van der Waals surface area contributed by atoms with Gasteiger partial charge >= 0.3 is 0 Å². The molecule has 0 saturated carbocycles. The smallest absolute Gasteiger partial charge is 0.243 e. The number of benzene rings is 2. The van der Waals surface area contributed by atoms with Crippen molar-refractivity contribution in [3.8, 4) is 5.75 Å². The summed E-state index contributed by atoms with van der Waals surface area (Å²) in [4.78, 5) is 12.2. The van der Waals surface area contributed by atoms with Crippen LogP contribution in [0.1, 0.15) is 0 Å². The number of halogens is 2. The first kappa shape index (κ1) is 21.3. The predicted octanol–water partition coefficient (Wildman–Crippen LogP) is 3.30. The third kappa shape index (κ3) is 5.26. The van der Waals surface area contributed by atoms with E-state index in [0.29, 0.717) is 27.2 Å². The summed E-state index contributed by atoms with van der Waals surface area (Å²) in [6, 6.07) is 9.20. The monoisotopic (exact) mass is 431 g/mol. The van der Waals surface area contributed by atoms with Crippen LogP contribution in [-0.2, 0) is 14.8 Å². The topological polar surface area (TPSA) is 87.7 Å². The SMILES string of the molecule is COc1c(Cl)cc(NCC(=O)Nc2cccc(S(=O)(=O)N(C)C)c2)cc1Cl. The molecule has 0 aliphatic rings. The van der Waals surface area contributed by atoms with E-state index < -0.39 is 10.0 Å². The summed E-state index contributed by atoms with van der Waals surface area (Å²) in [6.07, 6.45) is 0. The van der Waals surface area contributed by atoms with Crippen molar-refractivity contribution >= 4 is 50.5 Å². The molecule has 1 amide bonds. The Labute approximate surface area is 168 Å². The number of hydrogen-bond donors (Lipinski definition) is 2. The maximum absolute atomic E-state index is 12.2. The second-order valence-corrected chi connectivity index (χ2v) is 8.66. The van der Waals surface area contributed by atoms with Crippen LogP contribution in [-0.4, -0.2) is 46.4 Å². The van der Waals surface area contributed by atoms with Crippen LogP contribution in [0.25, 0.3) is 0 Å². The summed E-state index contributed by atoms with van der Waals surface area (Å²) >= 11 is 12.1. The zero-order valence-corrected chi connectivity index (χ0v) is 17.2. The van der Waals surface area contributed by atoms with E-state index in [1.807, 2.05) is 0 Å². The van der Waals surface area contributed by atoms with Gasteiger partial charge in [-0.1, -0.05) is 29.3 Å². The molecule has 0 fully saturated rings. The average Bonchev–Trinajstić information content (AvgIpc) is 2.60. The lowest BCUT2D eigenvalue weighted by Gasteiger charge is -2.13. The molecule has 2 aromatic carbocycles. The van der Waals surface area contributed by atoms with Crippen LogP contribution in [0.2, 0.25) is 10.0 Å². The number of carbonyl (C=O) groups excluding carboxylic acids is 1. The molecule has 2 aromatic rings. The molecule has 0 unspecified atom stereocenters. The Morgan fingerprint density at radius 1 is 1.11 bits per heavy atom. The fourth-order valence-electron chi connectivity index (χ4n) is 2.19. The highest BCUT2D eigenvalue weighted by Crippen LogP contribution is 2.35. The summed E-state index contributed by atoms with van der Waals surface area (Å²) in [7, 11) is 0.755. The fraction of sp³-hybridized carbons (Fsp3) is 0.235. The Morgan fingerprint density at radius 3 is 2.30 bits per heavy atom. The fourth-order valence-corrected chi connectivity index (χ4v) is 3.78. The van der Waals surface area contributed by atoms with Crippen LogP contribution in [0, 0.1) is 0 Å². The first-order valence-corrected chi connectivity index (χ1v) is 9.94. The number of amides is 1. The highest BCUT2D eigenvalue weighted by atomic mass is 35.5. The zero-order valence-electron chi connectivity index (χ0n) is 14.9. The maximum Gasteiger partial charge on any atom is 0.243 e. The number of nitrogens with zero attached hydrogens (tertiary/aromatic N) is 1. The third-order valence-electron chi connectivity index (χ3n) is 3.55. The van der Waals surface area contributed by atoms with E-state index in [2.05, 4.69) is 10.6 Å². The standard InChI is InChI=1S/C17H19Cl2N3O4S/c1-22(2)27(24,25)13-6-4-5-11(7-13)21-16(23)10-20-12-8-14(18)17(26-3)15(19)9-12/h4-9,20H,10H2,1-3H3,(H,21,23). The van der Waals surface area contributed by atoms with E-state index in [-0.39, 0.29) is 17.3 Å². The lowest BCUT2D eigenvalue weighted by molar-refractivity contribution is -0.114. The molecule has 0 saturated heterocycles. The molecule has 10 heteroatoms. The summed E-state index contributed by atoms with van der Waals surface area (Å²) < 4.78 is 30.5. The van der Waals surface area contributed by atoms with Gasteiger partial charge in [0.1, 0.15) is 0 Å². The van der Waals surface area contributed by atoms with Gasteiger partial charge in [-0.3, -0.25) is 4.79 Å². The van der Waals surface area contributed by atoms with Gasteiger partial charge in [-0.15, -0.1) is 0 Å². The van der Waals surface area contributed by atoms with Gasteiger partial charge in [0, 0.05) is 25.5 Å². The minimum Gasteiger partial charge on any atom is -0.494 e. The molecule has 146 valence electrons. The van der Waals surface area contributed by atoms with E-state index in [1.165, 1.54) is 33.3 Å². The Balaban J connectivity index is 2.05. The van der Waals surface area contributed by atoms with Crippen molar-refractivity contribution in [1.82, 2.24) is 4.31 Å². The maximum atomic E-state index is 12.2. The van der Waals surface area contributed by atoms with Gasteiger partial charge in [0.05, 0.1) is 28.6 Å². The molecule has 0 heterocycles. The number of sulfonamides is 1. The second-order valence-electron chi connectivity index (χ2n) is 5.69. The zero-order chi connectivity index (χ0) is 20.2. The third-order valence-corrected chi connectivity index (χ3v) is 5.92. The van der Waals surface area contributed by atoms with E-state index in [0.717, 1.165) is 4.31 Å². The minimum atomic E-state index is -3.58. The summed E-state index contributed by atoms with van der Waals surface area (Å²) in [5, 5.41) is 6.17. The number of nitrogens with one attached hydrogen (secondary N) is 2. The largest absolute Gasteiger partial charge is 0.494 e. The minimum absolute atomic E-state index is 0.0658. The van der Waals surface area contributed by atoms with E-state index in [4.69, 9.17) is 27.9 Å². The van der Waals surface area contributed by atoms with Crippen molar-refractivity contribution in [1.29, 1.82) is 0 Å². The van der Waals surface area contributed by atoms with Crippen molar-refractivity contribution in [2.45, 2.75) is 4.90 Å². The Morgan fingerprint density at radius 2 is 1.74 bits per heavy atom. The van der Waals surface area contributed by atoms with Crippen molar-refractivity contribution in [2.75, 3.05) is 38.4 Å². The molecule has 0 radical (unpaired) electrons. The normalized spacial score (nSPS) is 11.3. The van der Waals surface area contributed by atoms with Crippen LogP contribution >= 0.6 is 23.2 Å². The van der Waals surface area contributed by atoms with Crippen LogP contribution in [0.15, 0.2) is 41.3 Å². The van der Waals surface area contributed by atoms with Gasteiger partial charge in [-0.2, -0.15) is 0 Å². The van der Waals surface area contributed by atoms with Gasteiger partial charge in [0.15, 0.2) is 5.75 Å². The van der Waals surface area contributed by atoms with Gasteiger partial charge in [-0.25, -0.2) is 12.7 Å². The molecule has 2 rings (SSSR count). The van der Waals surface area contributed by atoms with Gasteiger partial charge < -0.3 is 15.4 Å². The lowest BCUT2D eigenvalue weighted by atomic mass is 10.3. The molecule has 0 bridgehead atoms. The number of carbonyl (C=O) groups is 1. The highest BCUT2D eigenvalue weighted by molar-refractivity contribution is 7.89. The number of rotatable bonds is 7. The molecular formula is C17H19Cl2N3O4S. The number of anilines is 2. The number of hydrogen-bond acceptors (Lipinski definition) is 5. The Kier molecular flexibility index (Phi) is 6.94. The molecule has 0 aliphatic heterocycles. The predicted molar refractivity (Wildman–Crippen MR) is 107 cm³/mol. The van der Waals surface area contributed by atoms with Crippen molar-refractivity contribution in [3.63, 3.8) is 0 Å². The molecule has 0 aromatic heterocycles. The van der Waals surface area contributed by atoms with E-state index >= 15 is 0 Å². The van der Waals surface area contributed by atoms with Crippen molar-refractivity contribution in [2.24, 2.45) is 0 Å². The molecule has 0 atom stereocenters. The van der Waals surface area contributed by atoms with E-state index in [1.54, 1.807) is 24.3 Å². The molecular weight excluding hydrogens is 413 g/mol. The van der Waals surface area contributed by atoms with Gasteiger partial charge in [-0.05, 0) is 30.3 Å². The summed E-state index contributed by atoms with van der Waals surface area (Å²) in [5.74, 6) is -0.00952.